The Kier molecular flexibility index (Phi) is 8.77. The van der Waals surface area contributed by atoms with Crippen molar-refractivity contribution in [3.63, 3.8) is 0 Å². The molecule has 0 heterocycles. The van der Waals surface area contributed by atoms with E-state index < -0.39 is 0 Å². The van der Waals surface area contributed by atoms with Crippen LogP contribution < -0.4 is 14.8 Å². The number of rotatable bonds is 10. The highest BCUT2D eigenvalue weighted by Crippen LogP contribution is 2.22. The van der Waals surface area contributed by atoms with Crippen LogP contribution in [-0.2, 0) is 4.79 Å². The molecule has 0 aliphatic rings. The Bertz CT molecular complexity index is 553. The Morgan fingerprint density at radius 2 is 1.60 bits per heavy atom. The highest BCUT2D eigenvalue weighted by molar-refractivity contribution is 5.95. The number of methoxy groups -OCH3 is 2. The van der Waals surface area contributed by atoms with Crippen LogP contribution >= 0.6 is 0 Å². The second kappa shape index (κ2) is 10.6. The van der Waals surface area contributed by atoms with Gasteiger partial charge in [-0.2, -0.15) is 0 Å². The van der Waals surface area contributed by atoms with E-state index >= 15 is 0 Å². The van der Waals surface area contributed by atoms with Gasteiger partial charge in [-0.3, -0.25) is 9.59 Å². The fourth-order valence-corrected chi connectivity index (χ4v) is 2.35. The van der Waals surface area contributed by atoms with Crippen molar-refractivity contribution in [2.45, 2.75) is 13.3 Å². The summed E-state index contributed by atoms with van der Waals surface area (Å²) in [6.07, 6.45) is 0.896. The van der Waals surface area contributed by atoms with Crippen LogP contribution in [0.3, 0.4) is 0 Å². The molecule has 0 radical (unpaired) electrons. The summed E-state index contributed by atoms with van der Waals surface area (Å²) >= 11 is 0. The number of ether oxygens (including phenoxy) is 2. The highest BCUT2D eigenvalue weighted by atomic mass is 16.5. The Balaban J connectivity index is 2.55. The van der Waals surface area contributed by atoms with E-state index in [-0.39, 0.29) is 11.8 Å². The van der Waals surface area contributed by atoms with Crippen molar-refractivity contribution in [3.8, 4) is 11.5 Å². The number of hydrogen-bond donors (Lipinski definition) is 1. The zero-order valence-corrected chi connectivity index (χ0v) is 15.8. The molecule has 7 heteroatoms. The molecule has 1 rings (SSSR count). The van der Waals surface area contributed by atoms with Crippen LogP contribution in [0.25, 0.3) is 0 Å². The van der Waals surface area contributed by atoms with Crippen molar-refractivity contribution in [1.29, 1.82) is 0 Å². The monoisotopic (exact) mass is 351 g/mol. The second-order valence-electron chi connectivity index (χ2n) is 6.02. The molecule has 0 aliphatic carbocycles. The average Bonchev–Trinajstić information content (AvgIpc) is 2.59. The predicted molar refractivity (Wildman–Crippen MR) is 97.3 cm³/mol. The molecule has 1 aromatic rings. The highest BCUT2D eigenvalue weighted by Gasteiger charge is 2.12. The normalized spacial score (nSPS) is 10.5. The summed E-state index contributed by atoms with van der Waals surface area (Å²) in [6, 6.07) is 5.01. The van der Waals surface area contributed by atoms with Crippen molar-refractivity contribution in [2.75, 3.05) is 54.5 Å². The Morgan fingerprint density at radius 3 is 2.08 bits per heavy atom. The molecular formula is C18H29N3O4. The third-order valence-corrected chi connectivity index (χ3v) is 3.76. The van der Waals surface area contributed by atoms with Crippen molar-refractivity contribution < 1.29 is 19.1 Å². The predicted octanol–water partition coefficient (Wildman–Crippen LogP) is 1.23. The second-order valence-corrected chi connectivity index (χ2v) is 6.02. The molecule has 1 aromatic carbocycles. The summed E-state index contributed by atoms with van der Waals surface area (Å²) in [4.78, 5) is 27.8. The lowest BCUT2D eigenvalue weighted by atomic mass is 10.2. The number of carbonyl (C=O) groups is 2. The van der Waals surface area contributed by atoms with Gasteiger partial charge in [-0.15, -0.1) is 0 Å². The molecule has 1 N–H and O–H groups in total. The Morgan fingerprint density at radius 1 is 1.00 bits per heavy atom. The number of amides is 2. The lowest BCUT2D eigenvalue weighted by molar-refractivity contribution is -0.128. The molecule has 2 amide bonds. The van der Waals surface area contributed by atoms with E-state index in [9.17, 15) is 9.59 Å². The van der Waals surface area contributed by atoms with Crippen LogP contribution in [0.1, 0.15) is 23.7 Å². The molecule has 140 valence electrons. The lowest BCUT2D eigenvalue weighted by Crippen LogP contribution is -2.38. The molecule has 0 aliphatic heterocycles. The third-order valence-electron chi connectivity index (χ3n) is 3.76. The molecule has 0 aromatic heterocycles. The van der Waals surface area contributed by atoms with Crippen molar-refractivity contribution in [2.24, 2.45) is 0 Å². The van der Waals surface area contributed by atoms with Crippen LogP contribution in [0.5, 0.6) is 11.5 Å². The van der Waals surface area contributed by atoms with Gasteiger partial charge in [-0.05, 0) is 39.2 Å². The Hall–Kier alpha value is -2.28. The van der Waals surface area contributed by atoms with Gasteiger partial charge in [0.1, 0.15) is 11.5 Å². The van der Waals surface area contributed by atoms with Gasteiger partial charge in [0, 0.05) is 38.2 Å². The summed E-state index contributed by atoms with van der Waals surface area (Å²) in [5, 5.41) is 2.83. The molecular weight excluding hydrogens is 322 g/mol. The molecule has 7 nitrogen and oxygen atoms in total. The fourth-order valence-electron chi connectivity index (χ4n) is 2.35. The zero-order valence-electron chi connectivity index (χ0n) is 15.8. The first kappa shape index (κ1) is 20.8. The molecule has 25 heavy (non-hydrogen) atoms. The van der Waals surface area contributed by atoms with Crippen molar-refractivity contribution in [3.05, 3.63) is 23.8 Å². The van der Waals surface area contributed by atoms with Crippen LogP contribution in [0.15, 0.2) is 18.2 Å². The van der Waals surface area contributed by atoms with E-state index in [1.807, 2.05) is 14.1 Å². The minimum Gasteiger partial charge on any atom is -0.497 e. The number of carbonyl (C=O) groups excluding carboxylic acids is 2. The van der Waals surface area contributed by atoms with E-state index in [1.54, 1.807) is 30.0 Å². The first-order chi connectivity index (χ1) is 11.9. The van der Waals surface area contributed by atoms with Crippen LogP contribution in [0.2, 0.25) is 0 Å². The lowest BCUT2D eigenvalue weighted by Gasteiger charge is -2.22. The summed E-state index contributed by atoms with van der Waals surface area (Å²) < 4.78 is 10.3. The maximum atomic E-state index is 12.3. The number of nitrogens with zero attached hydrogens (tertiary/aromatic N) is 2. The smallest absolute Gasteiger partial charge is 0.251 e. The van der Waals surface area contributed by atoms with Gasteiger partial charge >= 0.3 is 0 Å². The van der Waals surface area contributed by atoms with Crippen LogP contribution in [0.4, 0.5) is 0 Å². The van der Waals surface area contributed by atoms with Gasteiger partial charge in [-0.25, -0.2) is 0 Å². The maximum Gasteiger partial charge on any atom is 0.251 e. The Labute approximate surface area is 149 Å². The van der Waals surface area contributed by atoms with E-state index in [0.29, 0.717) is 36.7 Å². The first-order valence-electron chi connectivity index (χ1n) is 8.29. The summed E-state index contributed by atoms with van der Waals surface area (Å²) in [5.41, 5.74) is 0.457. The van der Waals surface area contributed by atoms with Crippen LogP contribution in [0, 0.1) is 0 Å². The zero-order chi connectivity index (χ0) is 18.8. The maximum absolute atomic E-state index is 12.3. The van der Waals surface area contributed by atoms with Gasteiger partial charge < -0.3 is 24.6 Å². The van der Waals surface area contributed by atoms with Gasteiger partial charge in [0.2, 0.25) is 5.91 Å². The topological polar surface area (TPSA) is 71.1 Å². The number of hydrogen-bond acceptors (Lipinski definition) is 5. The fraction of sp³-hybridized carbons (Fsp3) is 0.556. The minimum absolute atomic E-state index is 0.0102. The molecule has 0 fully saturated rings. The summed E-state index contributed by atoms with van der Waals surface area (Å²) in [7, 11) is 7.07. The first-order valence-corrected chi connectivity index (χ1v) is 8.29. The van der Waals surface area contributed by atoms with E-state index in [2.05, 4.69) is 10.2 Å². The van der Waals surface area contributed by atoms with E-state index in [4.69, 9.17) is 9.47 Å². The third kappa shape index (κ3) is 7.43. The molecule has 0 bridgehead atoms. The number of nitrogens with one attached hydrogen (secondary N) is 1. The molecule has 0 unspecified atom stereocenters. The van der Waals surface area contributed by atoms with Gasteiger partial charge in [-0.1, -0.05) is 0 Å². The molecule has 0 saturated heterocycles. The van der Waals surface area contributed by atoms with Gasteiger partial charge in [0.15, 0.2) is 0 Å². The van der Waals surface area contributed by atoms with Crippen LogP contribution in [-0.4, -0.2) is 76.1 Å². The molecule has 0 spiro atoms. The van der Waals surface area contributed by atoms with Gasteiger partial charge in [0.25, 0.3) is 5.91 Å². The largest absolute Gasteiger partial charge is 0.497 e. The van der Waals surface area contributed by atoms with Crippen molar-refractivity contribution >= 4 is 11.8 Å². The summed E-state index contributed by atoms with van der Waals surface area (Å²) in [6.45, 7) is 4.01. The quantitative estimate of drug-likeness (QED) is 0.687. The summed E-state index contributed by atoms with van der Waals surface area (Å²) in [5.74, 6) is 0.891. The standard InChI is InChI=1S/C18H29N3O4/c1-14(22)21(9-6-8-20(2)3)10-7-19-18(23)15-11-16(24-4)13-17(12-15)25-5/h11-13H,6-10H2,1-5H3,(H,19,23). The minimum atomic E-state index is -0.228. The van der Waals surface area contributed by atoms with E-state index in [0.717, 1.165) is 13.0 Å². The molecule has 0 saturated carbocycles. The van der Waals surface area contributed by atoms with Gasteiger partial charge in [0.05, 0.1) is 14.2 Å². The molecule has 0 atom stereocenters. The average molecular weight is 351 g/mol. The van der Waals surface area contributed by atoms with Crippen molar-refractivity contribution in [1.82, 2.24) is 15.1 Å². The SMILES string of the molecule is COc1cc(OC)cc(C(=O)NCCN(CCCN(C)C)C(C)=O)c1. The number of benzene rings is 1. The van der Waals surface area contributed by atoms with E-state index in [1.165, 1.54) is 14.2 Å².